The number of hydrogen-bond donors (Lipinski definition) is 1. The van der Waals surface area contributed by atoms with Crippen molar-refractivity contribution in [1.29, 1.82) is 0 Å². The number of rotatable bonds is 6. The SMILES string of the molecule is CC1(C)OCC(CN2CCN(CC(O)CN3c4ccccc4Sc4ccc(C(F)(F)F)cc43)CC2)O1. The fraction of sp³-hybridized carbons (Fsp3) is 0.538. The molecule has 6 nitrogen and oxygen atoms in total. The molecule has 2 atom stereocenters. The van der Waals surface area contributed by atoms with E-state index in [0.717, 1.165) is 54.3 Å². The molecule has 0 amide bonds. The van der Waals surface area contributed by atoms with Crippen molar-refractivity contribution >= 4 is 23.1 Å². The first-order valence-corrected chi connectivity index (χ1v) is 13.1. The second kappa shape index (κ2) is 10.2. The molecule has 0 bridgehead atoms. The molecule has 3 aliphatic rings. The minimum Gasteiger partial charge on any atom is -0.390 e. The summed E-state index contributed by atoms with van der Waals surface area (Å²) in [5, 5.41) is 11.0. The van der Waals surface area contributed by atoms with Gasteiger partial charge < -0.3 is 19.5 Å². The van der Waals surface area contributed by atoms with Crippen LogP contribution in [0.2, 0.25) is 0 Å². The third-order valence-electron chi connectivity index (χ3n) is 6.81. The first-order valence-electron chi connectivity index (χ1n) is 12.3. The molecule has 0 radical (unpaired) electrons. The Hall–Kier alpha value is -1.82. The average molecular weight is 524 g/mol. The van der Waals surface area contributed by atoms with Crippen LogP contribution in [0, 0.1) is 0 Å². The summed E-state index contributed by atoms with van der Waals surface area (Å²) in [6.07, 6.45) is -5.08. The molecule has 10 heteroatoms. The van der Waals surface area contributed by atoms with E-state index in [1.807, 2.05) is 43.0 Å². The standard InChI is InChI=1S/C26H32F3N3O3S/c1-25(2)34-17-20(35-25)16-31-11-9-30(10-12-31)14-19(33)15-32-21-5-3-4-6-23(21)36-24-8-7-18(13-22(24)32)26(27,28)29/h3-8,13,19-20,33H,9-12,14-17H2,1-2H3. The number of alkyl halides is 3. The van der Waals surface area contributed by atoms with E-state index in [1.54, 1.807) is 0 Å². The van der Waals surface area contributed by atoms with Crippen LogP contribution in [0.3, 0.4) is 0 Å². The zero-order valence-corrected chi connectivity index (χ0v) is 21.3. The molecule has 2 fully saturated rings. The van der Waals surface area contributed by atoms with Crippen LogP contribution in [0.5, 0.6) is 0 Å². The van der Waals surface area contributed by atoms with Gasteiger partial charge in [-0.2, -0.15) is 13.2 Å². The summed E-state index contributed by atoms with van der Waals surface area (Å²) >= 11 is 1.46. The fourth-order valence-electron chi connectivity index (χ4n) is 5.06. The topological polar surface area (TPSA) is 48.4 Å². The molecule has 2 aromatic rings. The molecular weight excluding hydrogens is 491 g/mol. The highest BCUT2D eigenvalue weighted by atomic mass is 32.2. The van der Waals surface area contributed by atoms with Gasteiger partial charge in [0.25, 0.3) is 0 Å². The Morgan fingerprint density at radius 3 is 2.39 bits per heavy atom. The Balaban J connectivity index is 1.22. The summed E-state index contributed by atoms with van der Waals surface area (Å²) in [4.78, 5) is 8.12. The predicted octanol–water partition coefficient (Wildman–Crippen LogP) is 4.44. The van der Waals surface area contributed by atoms with Crippen LogP contribution in [0.15, 0.2) is 52.3 Å². The van der Waals surface area contributed by atoms with Gasteiger partial charge in [-0.3, -0.25) is 9.80 Å². The largest absolute Gasteiger partial charge is 0.416 e. The number of nitrogens with zero attached hydrogens (tertiary/aromatic N) is 3. The molecule has 0 spiro atoms. The number of fused-ring (bicyclic) bond motifs is 2. The van der Waals surface area contributed by atoms with E-state index in [1.165, 1.54) is 23.9 Å². The minimum atomic E-state index is -4.42. The summed E-state index contributed by atoms with van der Waals surface area (Å²) in [6, 6.07) is 11.5. The quantitative estimate of drug-likeness (QED) is 0.601. The lowest BCUT2D eigenvalue weighted by atomic mass is 10.1. The third-order valence-corrected chi connectivity index (χ3v) is 7.94. The summed E-state index contributed by atoms with van der Waals surface area (Å²) in [5.74, 6) is -0.526. The number of halogens is 3. The van der Waals surface area contributed by atoms with E-state index in [0.29, 0.717) is 18.8 Å². The maximum atomic E-state index is 13.4. The lowest BCUT2D eigenvalue weighted by molar-refractivity contribution is -0.141. The number of aliphatic hydroxyl groups is 1. The molecule has 36 heavy (non-hydrogen) atoms. The van der Waals surface area contributed by atoms with Crippen molar-refractivity contribution in [3.63, 3.8) is 0 Å². The zero-order valence-electron chi connectivity index (χ0n) is 20.5. The van der Waals surface area contributed by atoms with Crippen molar-refractivity contribution in [3.8, 4) is 0 Å². The summed E-state index contributed by atoms with van der Waals surface area (Å²) in [7, 11) is 0. The van der Waals surface area contributed by atoms with Gasteiger partial charge in [0.05, 0.1) is 42.3 Å². The molecule has 5 rings (SSSR count). The van der Waals surface area contributed by atoms with Crippen LogP contribution < -0.4 is 4.90 Å². The highest BCUT2D eigenvalue weighted by molar-refractivity contribution is 7.99. The Labute approximate surface area is 214 Å². The highest BCUT2D eigenvalue weighted by Crippen LogP contribution is 2.49. The van der Waals surface area contributed by atoms with E-state index in [2.05, 4.69) is 9.80 Å². The van der Waals surface area contributed by atoms with Crippen LogP contribution >= 0.6 is 11.8 Å². The lowest BCUT2D eigenvalue weighted by Gasteiger charge is -2.38. The third kappa shape index (κ3) is 5.84. The minimum absolute atomic E-state index is 0.0656. The first-order chi connectivity index (χ1) is 17.1. The van der Waals surface area contributed by atoms with Gasteiger partial charge in [0, 0.05) is 49.1 Å². The van der Waals surface area contributed by atoms with Gasteiger partial charge in [-0.1, -0.05) is 23.9 Å². The maximum Gasteiger partial charge on any atom is 0.416 e. The van der Waals surface area contributed by atoms with Crippen molar-refractivity contribution in [2.75, 3.05) is 57.3 Å². The van der Waals surface area contributed by atoms with Crippen LogP contribution in [-0.4, -0.2) is 85.3 Å². The van der Waals surface area contributed by atoms with Crippen LogP contribution in [0.1, 0.15) is 19.4 Å². The van der Waals surface area contributed by atoms with E-state index < -0.39 is 23.6 Å². The molecule has 2 aromatic carbocycles. The second-order valence-corrected chi connectivity index (χ2v) is 11.2. The van der Waals surface area contributed by atoms with E-state index in [4.69, 9.17) is 9.47 Å². The molecule has 0 saturated carbocycles. The van der Waals surface area contributed by atoms with E-state index in [9.17, 15) is 18.3 Å². The zero-order chi connectivity index (χ0) is 25.5. The molecule has 3 heterocycles. The monoisotopic (exact) mass is 523 g/mol. The average Bonchev–Trinajstić information content (AvgIpc) is 3.17. The number of para-hydroxylation sites is 1. The number of aliphatic hydroxyl groups excluding tert-OH is 1. The smallest absolute Gasteiger partial charge is 0.390 e. The van der Waals surface area contributed by atoms with E-state index in [-0.39, 0.29) is 12.6 Å². The van der Waals surface area contributed by atoms with Gasteiger partial charge in [-0.05, 0) is 44.2 Å². The number of ether oxygens (including phenoxy) is 2. The Morgan fingerprint density at radius 1 is 1.00 bits per heavy atom. The number of piperazine rings is 1. The second-order valence-electron chi connectivity index (χ2n) is 10.1. The molecular formula is C26H32F3N3O3S. The molecule has 0 aromatic heterocycles. The first kappa shape index (κ1) is 25.8. The Bertz CT molecular complexity index is 1080. The Morgan fingerprint density at radius 2 is 1.69 bits per heavy atom. The number of hydrogen-bond acceptors (Lipinski definition) is 7. The van der Waals surface area contributed by atoms with Crippen molar-refractivity contribution in [2.45, 2.75) is 47.8 Å². The molecule has 2 saturated heterocycles. The van der Waals surface area contributed by atoms with Gasteiger partial charge in [-0.25, -0.2) is 0 Å². The van der Waals surface area contributed by atoms with Crippen molar-refractivity contribution < 1.29 is 27.8 Å². The normalized spacial score (nSPS) is 23.4. The molecule has 1 N–H and O–H groups in total. The van der Waals surface area contributed by atoms with Gasteiger partial charge in [0.1, 0.15) is 0 Å². The van der Waals surface area contributed by atoms with Gasteiger partial charge in [0.2, 0.25) is 0 Å². The number of anilines is 2. The van der Waals surface area contributed by atoms with Gasteiger partial charge in [-0.15, -0.1) is 0 Å². The van der Waals surface area contributed by atoms with Crippen LogP contribution in [-0.2, 0) is 15.7 Å². The molecule has 3 aliphatic heterocycles. The lowest BCUT2D eigenvalue weighted by Crippen LogP contribution is -2.51. The Kier molecular flexibility index (Phi) is 7.28. The van der Waals surface area contributed by atoms with Gasteiger partial charge >= 0.3 is 6.18 Å². The van der Waals surface area contributed by atoms with Gasteiger partial charge in [0.15, 0.2) is 5.79 Å². The van der Waals surface area contributed by atoms with Crippen molar-refractivity contribution in [2.24, 2.45) is 0 Å². The van der Waals surface area contributed by atoms with E-state index >= 15 is 0 Å². The summed E-state index contributed by atoms with van der Waals surface area (Å²) in [6.45, 7) is 9.31. The highest BCUT2D eigenvalue weighted by Gasteiger charge is 2.35. The van der Waals surface area contributed by atoms with Crippen molar-refractivity contribution in [1.82, 2.24) is 9.80 Å². The predicted molar refractivity (Wildman–Crippen MR) is 133 cm³/mol. The van der Waals surface area contributed by atoms with Crippen LogP contribution in [0.25, 0.3) is 0 Å². The number of β-amino-alcohol motifs (C(OH)–C–C–N with tert-alkyl or cyclic N) is 1. The van der Waals surface area contributed by atoms with Crippen LogP contribution in [0.4, 0.5) is 24.5 Å². The number of benzene rings is 2. The van der Waals surface area contributed by atoms with Crippen molar-refractivity contribution in [3.05, 3.63) is 48.0 Å². The fourth-order valence-corrected chi connectivity index (χ4v) is 6.14. The molecule has 2 unspecified atom stereocenters. The molecule has 0 aliphatic carbocycles. The maximum absolute atomic E-state index is 13.4. The summed E-state index contributed by atoms with van der Waals surface area (Å²) in [5.41, 5.74) is 0.621. The summed E-state index contributed by atoms with van der Waals surface area (Å²) < 4.78 is 51.9. The molecule has 196 valence electrons.